The summed E-state index contributed by atoms with van der Waals surface area (Å²) in [6.45, 7) is 2.88. The molecule has 4 nitrogen and oxygen atoms in total. The number of aromatic nitrogens is 1. The molecule has 0 aliphatic rings. The van der Waals surface area contributed by atoms with Crippen molar-refractivity contribution in [2.75, 3.05) is 11.9 Å². The molecule has 1 N–H and O–H groups in total. The Morgan fingerprint density at radius 1 is 1.27 bits per heavy atom. The van der Waals surface area contributed by atoms with Crippen molar-refractivity contribution in [2.24, 2.45) is 0 Å². The van der Waals surface area contributed by atoms with E-state index in [4.69, 9.17) is 4.74 Å². The summed E-state index contributed by atoms with van der Waals surface area (Å²) in [4.78, 5) is 16.1. The minimum Gasteiger partial charge on any atom is -0.461 e. The number of thiophene rings is 1. The zero-order valence-electron chi connectivity index (χ0n) is 12.2. The molecule has 0 bridgehead atoms. The number of nitrogens with zero attached hydrogens (tertiary/aromatic N) is 1. The molecule has 0 unspecified atom stereocenters. The molecule has 0 aliphatic carbocycles. The van der Waals surface area contributed by atoms with Crippen LogP contribution < -0.4 is 5.32 Å². The standard InChI is InChI=1S/C17H16N2O2S/c1-2-21-17(20)16-13-10-15(22-14(13)8-9-18-16)19-11-12-6-4-3-5-7-12/h3-10,19H,2,11H2,1H3. The van der Waals surface area contributed by atoms with Crippen molar-refractivity contribution >= 4 is 32.4 Å². The van der Waals surface area contributed by atoms with Gasteiger partial charge in [0.2, 0.25) is 0 Å². The Hall–Kier alpha value is -2.40. The quantitative estimate of drug-likeness (QED) is 0.721. The van der Waals surface area contributed by atoms with Crippen LogP contribution >= 0.6 is 11.3 Å². The SMILES string of the molecule is CCOC(=O)c1nccc2sc(NCc3ccccc3)cc12. The van der Waals surface area contributed by atoms with Gasteiger partial charge < -0.3 is 10.1 Å². The zero-order valence-corrected chi connectivity index (χ0v) is 13.0. The first kappa shape index (κ1) is 14.5. The van der Waals surface area contributed by atoms with Gasteiger partial charge in [0.25, 0.3) is 0 Å². The third kappa shape index (κ3) is 3.09. The minimum atomic E-state index is -0.375. The van der Waals surface area contributed by atoms with E-state index in [0.29, 0.717) is 12.3 Å². The maximum Gasteiger partial charge on any atom is 0.357 e. The molecule has 0 saturated heterocycles. The molecule has 22 heavy (non-hydrogen) atoms. The van der Waals surface area contributed by atoms with Crippen LogP contribution in [0.3, 0.4) is 0 Å². The van der Waals surface area contributed by atoms with Crippen molar-refractivity contribution in [3.8, 4) is 0 Å². The van der Waals surface area contributed by atoms with Crippen molar-refractivity contribution in [1.82, 2.24) is 4.98 Å². The molecule has 1 aromatic carbocycles. The van der Waals surface area contributed by atoms with Gasteiger partial charge in [-0.1, -0.05) is 30.3 Å². The Balaban J connectivity index is 1.83. The number of esters is 1. The number of carbonyl (C=O) groups excluding carboxylic acids is 1. The van der Waals surface area contributed by atoms with Crippen LogP contribution in [0.1, 0.15) is 23.0 Å². The predicted octanol–water partition coefficient (Wildman–Crippen LogP) is 4.09. The van der Waals surface area contributed by atoms with E-state index in [1.54, 1.807) is 24.5 Å². The summed E-state index contributed by atoms with van der Waals surface area (Å²) in [5, 5.41) is 5.23. The first-order valence-electron chi connectivity index (χ1n) is 7.11. The van der Waals surface area contributed by atoms with Crippen LogP contribution in [0.4, 0.5) is 5.00 Å². The highest BCUT2D eigenvalue weighted by atomic mass is 32.1. The van der Waals surface area contributed by atoms with E-state index in [-0.39, 0.29) is 5.97 Å². The Bertz CT molecular complexity index is 784. The molecular weight excluding hydrogens is 296 g/mol. The van der Waals surface area contributed by atoms with E-state index in [2.05, 4.69) is 22.4 Å². The minimum absolute atomic E-state index is 0.347. The largest absolute Gasteiger partial charge is 0.461 e. The van der Waals surface area contributed by atoms with Gasteiger partial charge in [-0.25, -0.2) is 9.78 Å². The summed E-state index contributed by atoms with van der Waals surface area (Å²) >= 11 is 1.61. The monoisotopic (exact) mass is 312 g/mol. The van der Waals surface area contributed by atoms with Gasteiger partial charge in [0, 0.05) is 22.8 Å². The smallest absolute Gasteiger partial charge is 0.357 e. The highest BCUT2D eigenvalue weighted by molar-refractivity contribution is 7.22. The molecule has 0 aliphatic heterocycles. The lowest BCUT2D eigenvalue weighted by atomic mass is 10.2. The first-order valence-corrected chi connectivity index (χ1v) is 7.93. The van der Waals surface area contributed by atoms with Crippen LogP contribution in [0.2, 0.25) is 0 Å². The number of anilines is 1. The molecular formula is C17H16N2O2S. The van der Waals surface area contributed by atoms with Gasteiger partial charge >= 0.3 is 5.97 Å². The van der Waals surface area contributed by atoms with Gasteiger partial charge in [0.15, 0.2) is 5.69 Å². The molecule has 2 heterocycles. The average molecular weight is 312 g/mol. The summed E-state index contributed by atoms with van der Waals surface area (Å²) < 4.78 is 6.08. The zero-order chi connectivity index (χ0) is 15.4. The lowest BCUT2D eigenvalue weighted by Gasteiger charge is -2.02. The van der Waals surface area contributed by atoms with Crippen LogP contribution in [0.5, 0.6) is 0 Å². The molecule has 0 atom stereocenters. The van der Waals surface area contributed by atoms with E-state index in [9.17, 15) is 4.79 Å². The maximum atomic E-state index is 11.9. The molecule has 5 heteroatoms. The Kier molecular flexibility index (Phi) is 4.34. The summed E-state index contributed by atoms with van der Waals surface area (Å²) in [5.74, 6) is -0.375. The molecule has 0 radical (unpaired) electrons. The number of carbonyl (C=O) groups is 1. The van der Waals surface area contributed by atoms with Crippen molar-refractivity contribution in [3.63, 3.8) is 0 Å². The fraction of sp³-hybridized carbons (Fsp3) is 0.176. The van der Waals surface area contributed by atoms with Crippen LogP contribution in [0.25, 0.3) is 10.1 Å². The van der Waals surface area contributed by atoms with E-state index < -0.39 is 0 Å². The number of hydrogen-bond acceptors (Lipinski definition) is 5. The fourth-order valence-electron chi connectivity index (χ4n) is 2.20. The summed E-state index contributed by atoms with van der Waals surface area (Å²) in [5.41, 5.74) is 1.59. The van der Waals surface area contributed by atoms with Crippen molar-refractivity contribution < 1.29 is 9.53 Å². The van der Waals surface area contributed by atoms with Gasteiger partial charge in [-0.05, 0) is 24.6 Å². The lowest BCUT2D eigenvalue weighted by Crippen LogP contribution is -2.06. The molecule has 112 valence electrons. The number of pyridine rings is 1. The number of rotatable bonds is 5. The van der Waals surface area contributed by atoms with Gasteiger partial charge in [0.1, 0.15) is 0 Å². The second-order valence-corrected chi connectivity index (χ2v) is 5.83. The van der Waals surface area contributed by atoms with Crippen LogP contribution in [-0.2, 0) is 11.3 Å². The van der Waals surface area contributed by atoms with Crippen molar-refractivity contribution in [1.29, 1.82) is 0 Å². The molecule has 3 rings (SSSR count). The highest BCUT2D eigenvalue weighted by Crippen LogP contribution is 2.31. The molecule has 2 aromatic heterocycles. The Morgan fingerprint density at radius 3 is 2.86 bits per heavy atom. The van der Waals surface area contributed by atoms with E-state index in [1.807, 2.05) is 30.3 Å². The predicted molar refractivity (Wildman–Crippen MR) is 89.3 cm³/mol. The number of fused-ring (bicyclic) bond motifs is 1. The van der Waals surface area contributed by atoms with E-state index in [1.165, 1.54) is 5.56 Å². The van der Waals surface area contributed by atoms with E-state index >= 15 is 0 Å². The van der Waals surface area contributed by atoms with Gasteiger partial charge in [-0.15, -0.1) is 11.3 Å². The Morgan fingerprint density at radius 2 is 2.09 bits per heavy atom. The maximum absolute atomic E-state index is 11.9. The Labute approximate surface area is 132 Å². The first-order chi connectivity index (χ1) is 10.8. The molecule has 0 amide bonds. The summed E-state index contributed by atoms with van der Waals surface area (Å²) in [7, 11) is 0. The number of ether oxygens (including phenoxy) is 1. The van der Waals surface area contributed by atoms with Crippen molar-refractivity contribution in [3.05, 3.63) is 59.9 Å². The van der Waals surface area contributed by atoms with Crippen LogP contribution in [0, 0.1) is 0 Å². The van der Waals surface area contributed by atoms with E-state index in [0.717, 1.165) is 21.6 Å². The fourth-order valence-corrected chi connectivity index (χ4v) is 3.15. The topological polar surface area (TPSA) is 51.2 Å². The van der Waals surface area contributed by atoms with Gasteiger partial charge in [-0.2, -0.15) is 0 Å². The average Bonchev–Trinajstić information content (AvgIpc) is 2.97. The number of hydrogen-bond donors (Lipinski definition) is 1. The molecule has 0 saturated carbocycles. The molecule has 3 aromatic rings. The molecule has 0 spiro atoms. The third-order valence-corrected chi connectivity index (χ3v) is 4.28. The number of benzene rings is 1. The summed E-state index contributed by atoms with van der Waals surface area (Å²) in [6.07, 6.45) is 1.64. The molecule has 0 fully saturated rings. The number of nitrogens with one attached hydrogen (secondary N) is 1. The normalized spacial score (nSPS) is 10.6. The van der Waals surface area contributed by atoms with Crippen molar-refractivity contribution in [2.45, 2.75) is 13.5 Å². The second-order valence-electron chi connectivity index (χ2n) is 4.74. The van der Waals surface area contributed by atoms with Gasteiger partial charge in [0.05, 0.1) is 11.6 Å². The van der Waals surface area contributed by atoms with Crippen LogP contribution in [0.15, 0.2) is 48.7 Å². The third-order valence-electron chi connectivity index (χ3n) is 3.22. The summed E-state index contributed by atoms with van der Waals surface area (Å²) in [6, 6.07) is 14.1. The lowest BCUT2D eigenvalue weighted by molar-refractivity contribution is 0.0522. The van der Waals surface area contributed by atoms with Crippen LogP contribution in [-0.4, -0.2) is 17.6 Å². The highest BCUT2D eigenvalue weighted by Gasteiger charge is 2.15. The second kappa shape index (κ2) is 6.58. The van der Waals surface area contributed by atoms with Gasteiger partial charge in [-0.3, -0.25) is 0 Å².